The summed E-state index contributed by atoms with van der Waals surface area (Å²) in [7, 11) is 1.62. The van der Waals surface area contributed by atoms with E-state index < -0.39 is 0 Å². The van der Waals surface area contributed by atoms with Gasteiger partial charge in [-0.25, -0.2) is 4.39 Å². The van der Waals surface area contributed by atoms with Gasteiger partial charge in [0.05, 0.1) is 7.11 Å². The van der Waals surface area contributed by atoms with Crippen molar-refractivity contribution in [1.29, 1.82) is 0 Å². The molecule has 2 aromatic rings. The molecule has 0 aromatic heterocycles. The lowest BCUT2D eigenvalue weighted by Gasteiger charge is -2.08. The highest BCUT2D eigenvalue weighted by Crippen LogP contribution is 2.11. The van der Waals surface area contributed by atoms with E-state index in [9.17, 15) is 9.18 Å². The molecular formula is C17H19FN2O2. The van der Waals surface area contributed by atoms with Gasteiger partial charge in [0.15, 0.2) is 0 Å². The van der Waals surface area contributed by atoms with Gasteiger partial charge in [-0.15, -0.1) is 0 Å². The van der Waals surface area contributed by atoms with Crippen LogP contribution in [0.15, 0.2) is 48.5 Å². The standard InChI is InChI=1S/C17H19FN2O2/c1-22-16-8-2-13(3-9-16)12-20-17(21)10-11-19-15-6-4-14(18)5-7-15/h2-9,19H,10-12H2,1H3,(H,20,21). The van der Waals surface area contributed by atoms with Crippen molar-refractivity contribution in [3.05, 3.63) is 59.9 Å². The van der Waals surface area contributed by atoms with Crippen molar-refractivity contribution in [1.82, 2.24) is 5.32 Å². The summed E-state index contributed by atoms with van der Waals surface area (Å²) in [5, 5.41) is 5.92. The van der Waals surface area contributed by atoms with Crippen molar-refractivity contribution in [3.8, 4) is 5.75 Å². The molecule has 5 heteroatoms. The number of hydrogen-bond acceptors (Lipinski definition) is 3. The van der Waals surface area contributed by atoms with Crippen LogP contribution in [0.3, 0.4) is 0 Å². The zero-order chi connectivity index (χ0) is 15.8. The molecule has 0 heterocycles. The number of halogens is 1. The average Bonchev–Trinajstić information content (AvgIpc) is 2.55. The number of carbonyl (C=O) groups excluding carboxylic acids is 1. The fraction of sp³-hybridized carbons (Fsp3) is 0.235. The van der Waals surface area contributed by atoms with Crippen LogP contribution in [0, 0.1) is 5.82 Å². The quantitative estimate of drug-likeness (QED) is 0.827. The van der Waals surface area contributed by atoms with Crippen molar-refractivity contribution < 1.29 is 13.9 Å². The molecule has 0 aliphatic rings. The first kappa shape index (κ1) is 15.8. The number of hydrogen-bond donors (Lipinski definition) is 2. The Hall–Kier alpha value is -2.56. The van der Waals surface area contributed by atoms with E-state index in [1.807, 2.05) is 24.3 Å². The predicted octanol–water partition coefficient (Wildman–Crippen LogP) is 2.95. The lowest BCUT2D eigenvalue weighted by Crippen LogP contribution is -2.24. The van der Waals surface area contributed by atoms with Crippen LogP contribution in [0.4, 0.5) is 10.1 Å². The van der Waals surface area contributed by atoms with Gasteiger partial charge in [-0.05, 0) is 42.0 Å². The number of nitrogens with one attached hydrogen (secondary N) is 2. The molecule has 22 heavy (non-hydrogen) atoms. The van der Waals surface area contributed by atoms with E-state index in [0.29, 0.717) is 19.5 Å². The molecule has 0 aliphatic carbocycles. The molecule has 0 saturated heterocycles. The summed E-state index contributed by atoms with van der Waals surface area (Å²) >= 11 is 0. The molecule has 0 fully saturated rings. The molecule has 116 valence electrons. The first-order valence-electron chi connectivity index (χ1n) is 7.06. The van der Waals surface area contributed by atoms with Gasteiger partial charge in [-0.3, -0.25) is 4.79 Å². The van der Waals surface area contributed by atoms with Crippen LogP contribution in [0.1, 0.15) is 12.0 Å². The lowest BCUT2D eigenvalue weighted by molar-refractivity contribution is -0.121. The van der Waals surface area contributed by atoms with Gasteiger partial charge in [0, 0.05) is 25.2 Å². The minimum absolute atomic E-state index is 0.0366. The third-order valence-electron chi connectivity index (χ3n) is 3.17. The highest BCUT2D eigenvalue weighted by molar-refractivity contribution is 5.76. The van der Waals surface area contributed by atoms with E-state index in [0.717, 1.165) is 17.0 Å². The minimum atomic E-state index is -0.275. The van der Waals surface area contributed by atoms with Gasteiger partial charge in [0.25, 0.3) is 0 Å². The monoisotopic (exact) mass is 302 g/mol. The number of carbonyl (C=O) groups is 1. The Morgan fingerprint density at radius 3 is 2.41 bits per heavy atom. The van der Waals surface area contributed by atoms with Crippen LogP contribution in [0.25, 0.3) is 0 Å². The van der Waals surface area contributed by atoms with Gasteiger partial charge in [-0.1, -0.05) is 12.1 Å². The van der Waals surface area contributed by atoms with Crippen molar-refractivity contribution in [2.75, 3.05) is 19.0 Å². The smallest absolute Gasteiger partial charge is 0.222 e. The molecule has 0 spiro atoms. The topological polar surface area (TPSA) is 50.4 Å². The fourth-order valence-electron chi connectivity index (χ4n) is 1.92. The van der Waals surface area contributed by atoms with Gasteiger partial charge >= 0.3 is 0 Å². The number of amides is 1. The van der Waals surface area contributed by atoms with Crippen molar-refractivity contribution in [3.63, 3.8) is 0 Å². The molecule has 2 rings (SSSR count). The summed E-state index contributed by atoms with van der Waals surface area (Å²) in [6.07, 6.45) is 0.355. The van der Waals surface area contributed by atoms with Crippen molar-refractivity contribution >= 4 is 11.6 Å². The maximum Gasteiger partial charge on any atom is 0.222 e. The molecule has 0 saturated carbocycles. The number of rotatable bonds is 7. The Bertz CT molecular complexity index is 597. The molecule has 1 amide bonds. The first-order valence-corrected chi connectivity index (χ1v) is 7.06. The van der Waals surface area contributed by atoms with Gasteiger partial charge in [0.1, 0.15) is 11.6 Å². The van der Waals surface area contributed by atoms with Crippen LogP contribution in [-0.2, 0) is 11.3 Å². The third kappa shape index (κ3) is 5.09. The zero-order valence-electron chi connectivity index (χ0n) is 12.4. The molecule has 0 aliphatic heterocycles. The van der Waals surface area contributed by atoms with Crippen LogP contribution in [0.5, 0.6) is 5.75 Å². The van der Waals surface area contributed by atoms with E-state index >= 15 is 0 Å². The average molecular weight is 302 g/mol. The van der Waals surface area contributed by atoms with E-state index in [1.54, 1.807) is 19.2 Å². The minimum Gasteiger partial charge on any atom is -0.497 e. The van der Waals surface area contributed by atoms with E-state index in [4.69, 9.17) is 4.74 Å². The highest BCUT2D eigenvalue weighted by Gasteiger charge is 2.02. The number of benzene rings is 2. The summed E-state index contributed by atoms with van der Waals surface area (Å²) in [4.78, 5) is 11.7. The van der Waals surface area contributed by atoms with Crippen molar-refractivity contribution in [2.24, 2.45) is 0 Å². The molecule has 0 bridgehead atoms. The molecular weight excluding hydrogens is 283 g/mol. The molecule has 2 aromatic carbocycles. The second kappa shape index (κ2) is 8.02. The largest absolute Gasteiger partial charge is 0.497 e. The lowest BCUT2D eigenvalue weighted by atomic mass is 10.2. The Labute approximate surface area is 129 Å². The summed E-state index contributed by atoms with van der Waals surface area (Å²) in [5.74, 6) is 0.479. The Morgan fingerprint density at radius 1 is 1.09 bits per heavy atom. The zero-order valence-corrected chi connectivity index (χ0v) is 12.4. The van der Waals surface area contributed by atoms with Gasteiger partial charge in [0.2, 0.25) is 5.91 Å². The predicted molar refractivity (Wildman–Crippen MR) is 84.3 cm³/mol. The van der Waals surface area contributed by atoms with Crippen LogP contribution in [0.2, 0.25) is 0 Å². The first-order chi connectivity index (χ1) is 10.7. The SMILES string of the molecule is COc1ccc(CNC(=O)CCNc2ccc(F)cc2)cc1. The van der Waals surface area contributed by atoms with Gasteiger partial charge < -0.3 is 15.4 Å². The Kier molecular flexibility index (Phi) is 5.77. The Balaban J connectivity index is 1.68. The molecule has 0 atom stereocenters. The van der Waals surface area contributed by atoms with E-state index in [-0.39, 0.29) is 11.7 Å². The van der Waals surface area contributed by atoms with Crippen LogP contribution in [-0.4, -0.2) is 19.6 Å². The molecule has 0 unspecified atom stereocenters. The summed E-state index contributed by atoms with van der Waals surface area (Å²) in [5.41, 5.74) is 1.81. The maximum atomic E-state index is 12.7. The number of anilines is 1. The van der Waals surface area contributed by atoms with Crippen LogP contribution >= 0.6 is 0 Å². The highest BCUT2D eigenvalue weighted by atomic mass is 19.1. The number of methoxy groups -OCH3 is 1. The maximum absolute atomic E-state index is 12.7. The molecule has 4 nitrogen and oxygen atoms in total. The van der Waals surface area contributed by atoms with E-state index in [1.165, 1.54) is 12.1 Å². The number of ether oxygens (including phenoxy) is 1. The second-order valence-electron chi connectivity index (χ2n) is 4.81. The third-order valence-corrected chi connectivity index (χ3v) is 3.17. The summed E-state index contributed by atoms with van der Waals surface area (Å²) in [6.45, 7) is 0.986. The summed E-state index contributed by atoms with van der Waals surface area (Å²) in [6, 6.07) is 13.6. The molecule has 0 radical (unpaired) electrons. The second-order valence-corrected chi connectivity index (χ2v) is 4.81. The van der Waals surface area contributed by atoms with E-state index in [2.05, 4.69) is 10.6 Å². The fourth-order valence-corrected chi connectivity index (χ4v) is 1.92. The van der Waals surface area contributed by atoms with Gasteiger partial charge in [-0.2, -0.15) is 0 Å². The molecule has 2 N–H and O–H groups in total. The Morgan fingerprint density at radius 2 is 1.77 bits per heavy atom. The van der Waals surface area contributed by atoms with Crippen molar-refractivity contribution in [2.45, 2.75) is 13.0 Å². The van der Waals surface area contributed by atoms with Crippen LogP contribution < -0.4 is 15.4 Å². The summed E-state index contributed by atoms with van der Waals surface area (Å²) < 4.78 is 17.8. The normalized spacial score (nSPS) is 10.1.